The fraction of sp³-hybridized carbons (Fsp3) is 0.167. The van der Waals surface area contributed by atoms with E-state index in [-0.39, 0.29) is 12.4 Å². The third-order valence-electron chi connectivity index (χ3n) is 2.26. The summed E-state index contributed by atoms with van der Waals surface area (Å²) in [5.74, 6) is -0.307. The largest absolute Gasteiger partial charge is 0.469 e. The number of carbonyl (C=O) groups excluding carboxylic acids is 1. The smallest absolute Gasteiger partial charge is 0.311 e. The third kappa shape index (κ3) is 3.10. The van der Waals surface area contributed by atoms with Gasteiger partial charge in [-0.25, -0.2) is 4.98 Å². The first kappa shape index (κ1) is 13.5. The second kappa shape index (κ2) is 5.82. The molecule has 0 bridgehead atoms. The number of hydrogen-bond acceptors (Lipinski definition) is 4. The van der Waals surface area contributed by atoms with Crippen molar-refractivity contribution in [2.45, 2.75) is 6.42 Å². The number of methoxy groups -OCH3 is 1. The molecule has 18 heavy (non-hydrogen) atoms. The van der Waals surface area contributed by atoms with Gasteiger partial charge in [0.25, 0.3) is 0 Å². The number of ether oxygens (including phenoxy) is 1. The van der Waals surface area contributed by atoms with Gasteiger partial charge in [0.05, 0.1) is 23.0 Å². The lowest BCUT2D eigenvalue weighted by Crippen LogP contribution is -2.05. The van der Waals surface area contributed by atoms with Crippen LogP contribution in [0.5, 0.6) is 0 Å². The van der Waals surface area contributed by atoms with Crippen molar-refractivity contribution >= 4 is 44.8 Å². The van der Waals surface area contributed by atoms with Gasteiger partial charge in [0.1, 0.15) is 5.01 Å². The molecule has 1 heterocycles. The standard InChI is InChI=1S/C12H9BrClNO2S/c1-17-10(16)6-9-11(13)18-12(15-9)7-3-2-4-8(14)5-7/h2-5H,6H2,1H3. The quantitative estimate of drug-likeness (QED) is 0.790. The topological polar surface area (TPSA) is 39.2 Å². The molecule has 0 saturated heterocycles. The second-order valence-corrected chi connectivity index (χ2v) is 6.26. The number of halogens is 2. The van der Waals surface area contributed by atoms with Gasteiger partial charge < -0.3 is 4.74 Å². The number of benzene rings is 1. The summed E-state index contributed by atoms with van der Waals surface area (Å²) in [6.07, 6.45) is 0.161. The van der Waals surface area contributed by atoms with E-state index in [2.05, 4.69) is 25.7 Å². The van der Waals surface area contributed by atoms with Crippen LogP contribution in [0.3, 0.4) is 0 Å². The molecular formula is C12H9BrClNO2S. The van der Waals surface area contributed by atoms with Crippen LogP contribution in [-0.4, -0.2) is 18.1 Å². The fourth-order valence-corrected chi connectivity index (χ4v) is 3.08. The SMILES string of the molecule is COC(=O)Cc1nc(-c2cccc(Cl)c2)sc1Br. The predicted octanol–water partition coefficient (Wildman–Crippen LogP) is 3.94. The molecule has 1 aromatic carbocycles. The Bertz CT molecular complexity index is 585. The molecule has 0 saturated carbocycles. The van der Waals surface area contributed by atoms with E-state index in [0.717, 1.165) is 14.4 Å². The van der Waals surface area contributed by atoms with Crippen molar-refractivity contribution in [3.05, 3.63) is 38.8 Å². The van der Waals surface area contributed by atoms with E-state index in [4.69, 9.17) is 11.6 Å². The van der Waals surface area contributed by atoms with Gasteiger partial charge in [-0.15, -0.1) is 11.3 Å². The van der Waals surface area contributed by atoms with Crippen molar-refractivity contribution in [2.24, 2.45) is 0 Å². The van der Waals surface area contributed by atoms with Crippen LogP contribution in [0.4, 0.5) is 0 Å². The minimum atomic E-state index is -0.307. The third-order valence-corrected chi connectivity index (χ3v) is 4.37. The maximum absolute atomic E-state index is 11.2. The molecule has 2 rings (SSSR count). The van der Waals surface area contributed by atoms with Crippen LogP contribution in [0.25, 0.3) is 10.6 Å². The summed E-state index contributed by atoms with van der Waals surface area (Å²) in [6.45, 7) is 0. The number of thiazole rings is 1. The Morgan fingerprint density at radius 3 is 3.00 bits per heavy atom. The van der Waals surface area contributed by atoms with Gasteiger partial charge in [-0.1, -0.05) is 23.7 Å². The number of aromatic nitrogens is 1. The van der Waals surface area contributed by atoms with Gasteiger partial charge in [-0.3, -0.25) is 4.79 Å². The fourth-order valence-electron chi connectivity index (χ4n) is 1.40. The normalized spacial score (nSPS) is 10.4. The van der Waals surface area contributed by atoms with Crippen LogP contribution in [0, 0.1) is 0 Å². The Kier molecular flexibility index (Phi) is 4.37. The Balaban J connectivity index is 2.31. The van der Waals surface area contributed by atoms with Gasteiger partial charge >= 0.3 is 5.97 Å². The maximum atomic E-state index is 11.2. The molecule has 0 aliphatic rings. The molecule has 0 unspecified atom stereocenters. The van der Waals surface area contributed by atoms with Crippen LogP contribution < -0.4 is 0 Å². The highest BCUT2D eigenvalue weighted by molar-refractivity contribution is 9.11. The first-order valence-corrected chi connectivity index (χ1v) is 7.07. The lowest BCUT2D eigenvalue weighted by atomic mass is 10.2. The summed E-state index contributed by atoms with van der Waals surface area (Å²) < 4.78 is 5.46. The van der Waals surface area contributed by atoms with E-state index in [9.17, 15) is 4.79 Å². The Hall–Kier alpha value is -0.910. The zero-order chi connectivity index (χ0) is 13.1. The molecule has 0 fully saturated rings. The maximum Gasteiger partial charge on any atom is 0.311 e. The summed E-state index contributed by atoms with van der Waals surface area (Å²) in [7, 11) is 1.36. The molecule has 94 valence electrons. The van der Waals surface area contributed by atoms with Crippen molar-refractivity contribution in [3.63, 3.8) is 0 Å². The Morgan fingerprint density at radius 2 is 2.33 bits per heavy atom. The van der Waals surface area contributed by atoms with E-state index < -0.39 is 0 Å². The van der Waals surface area contributed by atoms with Crippen molar-refractivity contribution in [1.29, 1.82) is 0 Å². The molecule has 0 radical (unpaired) electrons. The molecule has 0 aliphatic heterocycles. The van der Waals surface area contributed by atoms with Crippen LogP contribution in [0.1, 0.15) is 5.69 Å². The molecular weight excluding hydrogens is 338 g/mol. The highest BCUT2D eigenvalue weighted by atomic mass is 79.9. The summed E-state index contributed by atoms with van der Waals surface area (Å²) in [5.41, 5.74) is 1.62. The molecule has 1 aromatic heterocycles. The van der Waals surface area contributed by atoms with Crippen molar-refractivity contribution in [2.75, 3.05) is 7.11 Å². The molecule has 2 aromatic rings. The average Bonchev–Trinajstić information content (AvgIpc) is 2.71. The lowest BCUT2D eigenvalue weighted by molar-refractivity contribution is -0.139. The van der Waals surface area contributed by atoms with E-state index in [0.29, 0.717) is 10.7 Å². The number of rotatable bonds is 3. The van der Waals surface area contributed by atoms with Gasteiger partial charge in [-0.05, 0) is 28.1 Å². The van der Waals surface area contributed by atoms with E-state index in [1.807, 2.05) is 24.3 Å². The van der Waals surface area contributed by atoms with E-state index >= 15 is 0 Å². The summed E-state index contributed by atoms with van der Waals surface area (Å²) in [4.78, 5) is 15.7. The van der Waals surface area contributed by atoms with Crippen LogP contribution in [-0.2, 0) is 16.0 Å². The van der Waals surface area contributed by atoms with E-state index in [1.54, 1.807) is 0 Å². The highest BCUT2D eigenvalue weighted by Gasteiger charge is 2.14. The Labute approximate surface area is 122 Å². The molecule has 6 heteroatoms. The summed E-state index contributed by atoms with van der Waals surface area (Å²) in [5, 5.41) is 1.48. The van der Waals surface area contributed by atoms with Gasteiger partial charge in [0.15, 0.2) is 0 Å². The van der Waals surface area contributed by atoms with Crippen molar-refractivity contribution in [3.8, 4) is 10.6 Å². The predicted molar refractivity (Wildman–Crippen MR) is 76.0 cm³/mol. The molecule has 0 spiro atoms. The monoisotopic (exact) mass is 345 g/mol. The number of esters is 1. The van der Waals surface area contributed by atoms with Crippen LogP contribution in [0.15, 0.2) is 28.1 Å². The van der Waals surface area contributed by atoms with Crippen LogP contribution >= 0.6 is 38.9 Å². The average molecular weight is 347 g/mol. The van der Waals surface area contributed by atoms with Crippen molar-refractivity contribution < 1.29 is 9.53 Å². The van der Waals surface area contributed by atoms with Crippen molar-refractivity contribution in [1.82, 2.24) is 4.98 Å². The Morgan fingerprint density at radius 1 is 1.56 bits per heavy atom. The second-order valence-electron chi connectivity index (χ2n) is 3.50. The first-order chi connectivity index (χ1) is 8.60. The zero-order valence-corrected chi connectivity index (χ0v) is 12.6. The summed E-state index contributed by atoms with van der Waals surface area (Å²) in [6, 6.07) is 7.45. The zero-order valence-electron chi connectivity index (χ0n) is 9.44. The van der Waals surface area contributed by atoms with E-state index in [1.165, 1.54) is 18.4 Å². The molecule has 0 N–H and O–H groups in total. The highest BCUT2D eigenvalue weighted by Crippen LogP contribution is 2.33. The van der Waals surface area contributed by atoms with Gasteiger partial charge in [0.2, 0.25) is 0 Å². The first-order valence-electron chi connectivity index (χ1n) is 5.08. The van der Waals surface area contributed by atoms with Gasteiger partial charge in [-0.2, -0.15) is 0 Å². The minimum Gasteiger partial charge on any atom is -0.469 e. The number of carbonyl (C=O) groups is 1. The minimum absolute atomic E-state index is 0.161. The number of hydrogen-bond donors (Lipinski definition) is 0. The molecule has 0 aliphatic carbocycles. The molecule has 3 nitrogen and oxygen atoms in total. The molecule has 0 atom stereocenters. The molecule has 0 amide bonds. The van der Waals surface area contributed by atoms with Crippen LogP contribution in [0.2, 0.25) is 5.02 Å². The van der Waals surface area contributed by atoms with Gasteiger partial charge in [0, 0.05) is 10.6 Å². The summed E-state index contributed by atoms with van der Waals surface area (Å²) >= 11 is 10.8. The lowest BCUT2D eigenvalue weighted by Gasteiger charge is -1.97. The number of nitrogens with zero attached hydrogens (tertiary/aromatic N) is 1.